The third-order valence-corrected chi connectivity index (χ3v) is 4.36. The fraction of sp³-hybridized carbons (Fsp3) is 0.667. The Hall–Kier alpha value is -1.06. The highest BCUT2D eigenvalue weighted by atomic mass is 16.5. The van der Waals surface area contributed by atoms with Crippen molar-refractivity contribution in [3.63, 3.8) is 0 Å². The number of aliphatic hydroxyl groups is 1. The fourth-order valence-corrected chi connectivity index (χ4v) is 3.17. The summed E-state index contributed by atoms with van der Waals surface area (Å²) in [5.74, 6) is 1.33. The van der Waals surface area contributed by atoms with Crippen molar-refractivity contribution in [1.82, 2.24) is 5.32 Å². The fourth-order valence-electron chi connectivity index (χ4n) is 3.17. The molecular formula is C18H29NO2. The molecule has 0 amide bonds. The van der Waals surface area contributed by atoms with E-state index in [4.69, 9.17) is 4.74 Å². The molecule has 3 atom stereocenters. The molecule has 0 aromatic heterocycles. The van der Waals surface area contributed by atoms with Crippen LogP contribution in [0.1, 0.15) is 58.1 Å². The maximum atomic E-state index is 9.51. The maximum Gasteiger partial charge on any atom is 0.119 e. The molecule has 2 N–H and O–H groups in total. The van der Waals surface area contributed by atoms with Crippen LogP contribution in [0.2, 0.25) is 0 Å². The summed E-state index contributed by atoms with van der Waals surface area (Å²) >= 11 is 0. The summed E-state index contributed by atoms with van der Waals surface area (Å²) < 4.78 is 5.68. The lowest BCUT2D eigenvalue weighted by atomic mass is 9.84. The Bertz CT molecular complexity index is 416. The molecular weight excluding hydrogens is 262 g/mol. The van der Waals surface area contributed by atoms with Crippen molar-refractivity contribution < 1.29 is 9.84 Å². The number of nitrogens with one attached hydrogen (secondary N) is 1. The molecule has 21 heavy (non-hydrogen) atoms. The second-order valence-electron chi connectivity index (χ2n) is 6.46. The lowest BCUT2D eigenvalue weighted by Crippen LogP contribution is -2.41. The number of ether oxygens (including phenoxy) is 1. The quantitative estimate of drug-likeness (QED) is 0.840. The van der Waals surface area contributed by atoms with Gasteiger partial charge in [-0.1, -0.05) is 25.0 Å². The average Bonchev–Trinajstić information content (AvgIpc) is 2.48. The Balaban J connectivity index is 1.94. The molecule has 0 heterocycles. The first kappa shape index (κ1) is 16.3. The van der Waals surface area contributed by atoms with Gasteiger partial charge in [-0.25, -0.2) is 0 Å². The Labute approximate surface area is 128 Å². The zero-order valence-electron chi connectivity index (χ0n) is 13.5. The van der Waals surface area contributed by atoms with Gasteiger partial charge < -0.3 is 15.2 Å². The highest BCUT2D eigenvalue weighted by Gasteiger charge is 2.25. The van der Waals surface area contributed by atoms with Gasteiger partial charge in [-0.05, 0) is 57.2 Å². The molecule has 3 unspecified atom stereocenters. The van der Waals surface area contributed by atoms with E-state index in [9.17, 15) is 5.11 Å². The number of rotatable bonds is 6. The third-order valence-electron chi connectivity index (χ3n) is 4.36. The van der Waals surface area contributed by atoms with E-state index in [-0.39, 0.29) is 6.10 Å². The van der Waals surface area contributed by atoms with E-state index in [2.05, 4.69) is 24.4 Å². The van der Waals surface area contributed by atoms with Crippen LogP contribution in [0.4, 0.5) is 0 Å². The summed E-state index contributed by atoms with van der Waals surface area (Å²) in [5, 5.41) is 13.2. The van der Waals surface area contributed by atoms with E-state index in [1.165, 1.54) is 24.8 Å². The van der Waals surface area contributed by atoms with Crippen LogP contribution in [-0.2, 0) is 0 Å². The Kier molecular flexibility index (Phi) is 6.07. The highest BCUT2D eigenvalue weighted by molar-refractivity contribution is 5.29. The second-order valence-corrected chi connectivity index (χ2v) is 6.46. The van der Waals surface area contributed by atoms with Crippen LogP contribution in [0, 0.1) is 5.92 Å². The molecule has 2 rings (SSSR count). The summed E-state index contributed by atoms with van der Waals surface area (Å²) in [6, 6.07) is 9.08. The molecule has 1 aromatic carbocycles. The van der Waals surface area contributed by atoms with Crippen molar-refractivity contribution in [3.05, 3.63) is 29.8 Å². The van der Waals surface area contributed by atoms with E-state index in [1.807, 2.05) is 26.0 Å². The molecule has 0 spiro atoms. The van der Waals surface area contributed by atoms with Crippen LogP contribution in [0.25, 0.3) is 0 Å². The zero-order valence-corrected chi connectivity index (χ0v) is 13.5. The normalized spacial score (nSPS) is 24.0. The van der Waals surface area contributed by atoms with Crippen LogP contribution in [0.15, 0.2) is 24.3 Å². The first-order valence-electron chi connectivity index (χ1n) is 8.23. The minimum Gasteiger partial charge on any atom is -0.491 e. The van der Waals surface area contributed by atoms with Gasteiger partial charge in [0.05, 0.1) is 6.10 Å². The van der Waals surface area contributed by atoms with Crippen molar-refractivity contribution >= 4 is 0 Å². The van der Waals surface area contributed by atoms with E-state index in [0.717, 1.165) is 12.2 Å². The van der Waals surface area contributed by atoms with Crippen LogP contribution < -0.4 is 10.1 Å². The zero-order chi connectivity index (χ0) is 15.2. The van der Waals surface area contributed by atoms with Crippen molar-refractivity contribution in [2.45, 2.75) is 64.6 Å². The molecule has 118 valence electrons. The molecule has 1 fully saturated rings. The van der Waals surface area contributed by atoms with Gasteiger partial charge in [0.15, 0.2) is 0 Å². The minimum atomic E-state index is 0.207. The number of aliphatic hydroxyl groups excluding tert-OH is 1. The highest BCUT2D eigenvalue weighted by Crippen LogP contribution is 2.27. The number of hydrogen-bond acceptors (Lipinski definition) is 3. The molecule has 3 heteroatoms. The summed E-state index contributed by atoms with van der Waals surface area (Å²) in [7, 11) is 0. The first-order chi connectivity index (χ1) is 10.1. The SMILES string of the molecule is CC(C)Oc1ccc(C(C)NC2CCCCC2CO)cc1. The Morgan fingerprint density at radius 3 is 2.43 bits per heavy atom. The average molecular weight is 291 g/mol. The number of hydrogen-bond donors (Lipinski definition) is 2. The Morgan fingerprint density at radius 1 is 1.14 bits per heavy atom. The predicted octanol–water partition coefficient (Wildman–Crippen LogP) is 3.68. The lowest BCUT2D eigenvalue weighted by molar-refractivity contribution is 0.147. The van der Waals surface area contributed by atoms with Gasteiger partial charge >= 0.3 is 0 Å². The molecule has 3 nitrogen and oxygen atoms in total. The molecule has 0 bridgehead atoms. The summed E-state index contributed by atoms with van der Waals surface area (Å²) in [6.45, 7) is 6.57. The smallest absolute Gasteiger partial charge is 0.119 e. The van der Waals surface area contributed by atoms with Gasteiger partial charge in [0.1, 0.15) is 5.75 Å². The largest absolute Gasteiger partial charge is 0.491 e. The molecule has 1 saturated carbocycles. The first-order valence-corrected chi connectivity index (χ1v) is 8.23. The van der Waals surface area contributed by atoms with E-state index in [0.29, 0.717) is 24.6 Å². The van der Waals surface area contributed by atoms with E-state index >= 15 is 0 Å². The molecule has 1 aromatic rings. The van der Waals surface area contributed by atoms with Crippen molar-refractivity contribution in [3.8, 4) is 5.75 Å². The summed E-state index contributed by atoms with van der Waals surface area (Å²) in [6.07, 6.45) is 5.03. The van der Waals surface area contributed by atoms with Gasteiger partial charge in [0, 0.05) is 18.7 Å². The topological polar surface area (TPSA) is 41.5 Å². The molecule has 0 radical (unpaired) electrons. The monoisotopic (exact) mass is 291 g/mol. The summed E-state index contributed by atoms with van der Waals surface area (Å²) in [5.41, 5.74) is 1.27. The van der Waals surface area contributed by atoms with Gasteiger partial charge in [0.25, 0.3) is 0 Å². The predicted molar refractivity (Wildman–Crippen MR) is 86.6 cm³/mol. The lowest BCUT2D eigenvalue weighted by Gasteiger charge is -2.33. The van der Waals surface area contributed by atoms with Crippen LogP contribution in [-0.4, -0.2) is 23.9 Å². The maximum absolute atomic E-state index is 9.51. The molecule has 0 aliphatic heterocycles. The van der Waals surface area contributed by atoms with Crippen molar-refractivity contribution in [2.75, 3.05) is 6.61 Å². The van der Waals surface area contributed by atoms with Gasteiger partial charge in [-0.15, -0.1) is 0 Å². The van der Waals surface area contributed by atoms with Gasteiger partial charge in [-0.2, -0.15) is 0 Å². The number of benzene rings is 1. The van der Waals surface area contributed by atoms with Crippen molar-refractivity contribution in [2.24, 2.45) is 5.92 Å². The standard InChI is InChI=1S/C18H29NO2/c1-13(2)21-17-10-8-15(9-11-17)14(3)19-18-7-5-4-6-16(18)12-20/h8-11,13-14,16,18-20H,4-7,12H2,1-3H3. The van der Waals surface area contributed by atoms with Crippen molar-refractivity contribution in [1.29, 1.82) is 0 Å². The van der Waals surface area contributed by atoms with Gasteiger partial charge in [-0.3, -0.25) is 0 Å². The van der Waals surface area contributed by atoms with E-state index in [1.54, 1.807) is 0 Å². The minimum absolute atomic E-state index is 0.207. The van der Waals surface area contributed by atoms with Crippen LogP contribution in [0.3, 0.4) is 0 Å². The van der Waals surface area contributed by atoms with Gasteiger partial charge in [0.2, 0.25) is 0 Å². The second kappa shape index (κ2) is 7.81. The Morgan fingerprint density at radius 2 is 1.81 bits per heavy atom. The molecule has 1 aliphatic rings. The third kappa shape index (κ3) is 4.72. The summed E-state index contributed by atoms with van der Waals surface area (Å²) in [4.78, 5) is 0. The molecule has 0 saturated heterocycles. The van der Waals surface area contributed by atoms with E-state index < -0.39 is 0 Å². The molecule has 1 aliphatic carbocycles. The van der Waals surface area contributed by atoms with Crippen LogP contribution in [0.5, 0.6) is 5.75 Å². The van der Waals surface area contributed by atoms with Crippen LogP contribution >= 0.6 is 0 Å².